The summed E-state index contributed by atoms with van der Waals surface area (Å²) < 4.78 is 26.5. The van der Waals surface area contributed by atoms with Crippen molar-refractivity contribution in [3.8, 4) is 0 Å². The molecule has 0 aromatic heterocycles. The number of benzene rings is 1. The average Bonchev–Trinajstić information content (AvgIpc) is 2.58. The van der Waals surface area contributed by atoms with E-state index < -0.39 is 10.0 Å². The van der Waals surface area contributed by atoms with E-state index in [9.17, 15) is 8.42 Å². The van der Waals surface area contributed by atoms with E-state index in [1.54, 1.807) is 4.31 Å². The summed E-state index contributed by atoms with van der Waals surface area (Å²) in [6, 6.07) is 10.1. The van der Waals surface area contributed by atoms with Crippen LogP contribution in [-0.4, -0.2) is 25.0 Å². The minimum Gasteiger partial charge on any atom is -0.270 e. The monoisotopic (exact) mass is 345 g/mol. The maximum atomic E-state index is 12.4. The summed E-state index contributed by atoms with van der Waals surface area (Å²) in [5.74, 6) is 0. The first-order valence-electron chi connectivity index (χ1n) is 8.99. The van der Waals surface area contributed by atoms with Crippen LogP contribution in [0.4, 0.5) is 0 Å². The summed E-state index contributed by atoms with van der Waals surface area (Å²) in [5.41, 5.74) is 3.49. The molecule has 24 heavy (non-hydrogen) atoms. The van der Waals surface area contributed by atoms with Gasteiger partial charge in [-0.05, 0) is 42.4 Å². The average molecular weight is 346 g/mol. The summed E-state index contributed by atoms with van der Waals surface area (Å²) in [4.78, 5) is 0. The molecule has 1 aromatic carbocycles. The molecule has 1 aromatic rings. The lowest BCUT2D eigenvalue weighted by molar-refractivity contribution is 0.390. The SMILES string of the molecule is CS(=O)(=O)N1C=C(c2ccccc2)C/C2=C/CCCCCCC[C@H]21. The Morgan fingerprint density at radius 1 is 1.00 bits per heavy atom. The van der Waals surface area contributed by atoms with Crippen molar-refractivity contribution >= 4 is 15.6 Å². The van der Waals surface area contributed by atoms with Crippen LogP contribution in [0.1, 0.15) is 56.9 Å². The zero-order chi connectivity index (χ0) is 17.0. The molecule has 0 amide bonds. The van der Waals surface area contributed by atoms with Crippen LogP contribution < -0.4 is 0 Å². The summed E-state index contributed by atoms with van der Waals surface area (Å²) in [6.45, 7) is 0. The van der Waals surface area contributed by atoms with Gasteiger partial charge in [-0.25, -0.2) is 8.42 Å². The minimum atomic E-state index is -3.27. The highest BCUT2D eigenvalue weighted by molar-refractivity contribution is 7.88. The molecule has 4 heteroatoms. The zero-order valence-electron chi connectivity index (χ0n) is 14.4. The van der Waals surface area contributed by atoms with Gasteiger partial charge in [0.1, 0.15) is 0 Å². The summed E-state index contributed by atoms with van der Waals surface area (Å²) in [7, 11) is -3.27. The van der Waals surface area contributed by atoms with Gasteiger partial charge in [0.05, 0.1) is 12.3 Å². The summed E-state index contributed by atoms with van der Waals surface area (Å²) in [5, 5.41) is 0. The fourth-order valence-electron chi connectivity index (χ4n) is 3.77. The second-order valence-electron chi connectivity index (χ2n) is 6.93. The Balaban J connectivity index is 2.01. The first-order valence-corrected chi connectivity index (χ1v) is 10.8. The Hall–Kier alpha value is -1.55. The molecule has 1 aliphatic heterocycles. The molecule has 1 aliphatic carbocycles. The first-order chi connectivity index (χ1) is 11.6. The molecule has 3 nitrogen and oxygen atoms in total. The predicted molar refractivity (Wildman–Crippen MR) is 99.9 cm³/mol. The van der Waals surface area contributed by atoms with Gasteiger partial charge in [0, 0.05) is 6.20 Å². The highest BCUT2D eigenvalue weighted by atomic mass is 32.2. The van der Waals surface area contributed by atoms with Crippen LogP contribution in [0.15, 0.2) is 48.2 Å². The van der Waals surface area contributed by atoms with Gasteiger partial charge >= 0.3 is 0 Å². The first kappa shape index (κ1) is 17.3. The second kappa shape index (κ2) is 7.56. The van der Waals surface area contributed by atoms with Gasteiger partial charge in [0.25, 0.3) is 0 Å². The van der Waals surface area contributed by atoms with E-state index in [0.29, 0.717) is 0 Å². The highest BCUT2D eigenvalue weighted by Crippen LogP contribution is 2.36. The molecule has 0 N–H and O–H groups in total. The van der Waals surface area contributed by atoms with E-state index in [1.165, 1.54) is 37.5 Å². The van der Waals surface area contributed by atoms with Crippen LogP contribution >= 0.6 is 0 Å². The number of nitrogens with zero attached hydrogens (tertiary/aromatic N) is 1. The lowest BCUT2D eigenvalue weighted by Gasteiger charge is -2.36. The fourth-order valence-corrected chi connectivity index (χ4v) is 4.79. The zero-order valence-corrected chi connectivity index (χ0v) is 15.3. The lowest BCUT2D eigenvalue weighted by atomic mass is 9.87. The number of sulfonamides is 1. The molecule has 0 fully saturated rings. The Bertz CT molecular complexity index is 719. The van der Waals surface area contributed by atoms with Crippen LogP contribution in [0.25, 0.3) is 5.57 Å². The van der Waals surface area contributed by atoms with Crippen molar-refractivity contribution in [2.45, 2.75) is 57.4 Å². The molecule has 3 rings (SSSR count). The van der Waals surface area contributed by atoms with Crippen molar-refractivity contribution in [2.24, 2.45) is 0 Å². The molecular formula is C20H27NO2S. The third kappa shape index (κ3) is 4.10. The molecule has 0 spiro atoms. The molecule has 0 saturated carbocycles. The summed E-state index contributed by atoms with van der Waals surface area (Å²) >= 11 is 0. The molecule has 0 saturated heterocycles. The number of rotatable bonds is 2. The van der Waals surface area contributed by atoms with Crippen LogP contribution in [0, 0.1) is 0 Å². The van der Waals surface area contributed by atoms with Crippen molar-refractivity contribution in [2.75, 3.05) is 6.26 Å². The Morgan fingerprint density at radius 2 is 1.71 bits per heavy atom. The van der Waals surface area contributed by atoms with Gasteiger partial charge in [0.2, 0.25) is 10.0 Å². The van der Waals surface area contributed by atoms with E-state index in [4.69, 9.17) is 0 Å². The topological polar surface area (TPSA) is 37.4 Å². The number of hydrogen-bond acceptors (Lipinski definition) is 2. The lowest BCUT2D eigenvalue weighted by Crippen LogP contribution is -2.39. The largest absolute Gasteiger partial charge is 0.270 e. The van der Waals surface area contributed by atoms with Gasteiger partial charge in [0.15, 0.2) is 0 Å². The molecule has 0 bridgehead atoms. The Kier molecular flexibility index (Phi) is 5.44. The van der Waals surface area contributed by atoms with Crippen molar-refractivity contribution in [3.63, 3.8) is 0 Å². The number of fused-ring (bicyclic) bond motifs is 1. The smallest absolute Gasteiger partial charge is 0.232 e. The minimum absolute atomic E-state index is 0.00515. The van der Waals surface area contributed by atoms with Crippen molar-refractivity contribution in [3.05, 3.63) is 53.7 Å². The third-order valence-electron chi connectivity index (χ3n) is 5.03. The Labute approximate surface area is 146 Å². The van der Waals surface area contributed by atoms with E-state index in [-0.39, 0.29) is 6.04 Å². The molecule has 130 valence electrons. The molecule has 0 radical (unpaired) electrons. The van der Waals surface area contributed by atoms with Gasteiger partial charge in [-0.15, -0.1) is 0 Å². The standard InChI is InChI=1S/C20H27NO2S/c1-24(22,23)21-16-19(17-11-8-6-9-12-17)15-18-13-7-4-2-3-5-10-14-20(18)21/h6,8-9,11-13,16,20H,2-5,7,10,14-15H2,1H3/b18-13-/t20-/m1/s1. The van der Waals surface area contributed by atoms with Crippen molar-refractivity contribution in [1.29, 1.82) is 0 Å². The second-order valence-corrected chi connectivity index (χ2v) is 8.82. The van der Waals surface area contributed by atoms with E-state index in [0.717, 1.165) is 36.8 Å². The summed E-state index contributed by atoms with van der Waals surface area (Å²) in [6.07, 6.45) is 14.4. The Morgan fingerprint density at radius 3 is 2.46 bits per heavy atom. The number of hydrogen-bond donors (Lipinski definition) is 0. The normalized spacial score (nSPS) is 25.2. The molecule has 1 heterocycles. The fraction of sp³-hybridized carbons (Fsp3) is 0.500. The molecular weight excluding hydrogens is 318 g/mol. The van der Waals surface area contributed by atoms with Crippen LogP contribution in [0.5, 0.6) is 0 Å². The van der Waals surface area contributed by atoms with E-state index in [1.807, 2.05) is 24.4 Å². The quantitative estimate of drug-likeness (QED) is 0.727. The van der Waals surface area contributed by atoms with Crippen molar-refractivity contribution < 1.29 is 8.42 Å². The van der Waals surface area contributed by atoms with Crippen LogP contribution in [0.2, 0.25) is 0 Å². The molecule has 1 atom stereocenters. The van der Waals surface area contributed by atoms with E-state index >= 15 is 0 Å². The van der Waals surface area contributed by atoms with Gasteiger partial charge < -0.3 is 0 Å². The van der Waals surface area contributed by atoms with Crippen LogP contribution in [-0.2, 0) is 10.0 Å². The third-order valence-corrected chi connectivity index (χ3v) is 6.15. The van der Waals surface area contributed by atoms with Gasteiger partial charge in [-0.1, -0.05) is 62.1 Å². The van der Waals surface area contributed by atoms with Crippen molar-refractivity contribution in [1.82, 2.24) is 4.31 Å². The maximum absolute atomic E-state index is 12.4. The van der Waals surface area contributed by atoms with Gasteiger partial charge in [-0.3, -0.25) is 4.31 Å². The maximum Gasteiger partial charge on any atom is 0.232 e. The molecule has 2 aliphatic rings. The van der Waals surface area contributed by atoms with Gasteiger partial charge in [-0.2, -0.15) is 0 Å². The number of allylic oxidation sites excluding steroid dienone is 2. The highest BCUT2D eigenvalue weighted by Gasteiger charge is 2.31. The van der Waals surface area contributed by atoms with E-state index in [2.05, 4.69) is 18.2 Å². The predicted octanol–water partition coefficient (Wildman–Crippen LogP) is 4.73. The van der Waals surface area contributed by atoms with Crippen LogP contribution in [0.3, 0.4) is 0 Å². The molecule has 0 unspecified atom stereocenters.